The molecule has 0 saturated carbocycles. The summed E-state index contributed by atoms with van der Waals surface area (Å²) in [6.45, 7) is 2.60. The van der Waals surface area contributed by atoms with E-state index in [0.29, 0.717) is 18.8 Å². The molecule has 1 saturated heterocycles. The zero-order valence-electron chi connectivity index (χ0n) is 15.2. The van der Waals surface area contributed by atoms with E-state index in [-0.39, 0.29) is 18.5 Å². The molecule has 27 heavy (non-hydrogen) atoms. The number of methoxy groups -OCH3 is 1. The fraction of sp³-hybridized carbons (Fsp3) is 0.316. The highest BCUT2D eigenvalue weighted by Crippen LogP contribution is 2.20. The van der Waals surface area contributed by atoms with Gasteiger partial charge in [0.05, 0.1) is 25.5 Å². The van der Waals surface area contributed by atoms with Crippen LogP contribution in [0.25, 0.3) is 0 Å². The smallest absolute Gasteiger partial charge is 0.317 e. The summed E-state index contributed by atoms with van der Waals surface area (Å²) in [5.41, 5.74) is 1.71. The maximum Gasteiger partial charge on any atom is 0.317 e. The minimum absolute atomic E-state index is 0.0770. The number of aromatic nitrogens is 1. The van der Waals surface area contributed by atoms with E-state index in [2.05, 4.69) is 20.5 Å². The first-order chi connectivity index (χ1) is 13.2. The molecule has 0 unspecified atom stereocenters. The zero-order chi connectivity index (χ0) is 19.1. The van der Waals surface area contributed by atoms with E-state index in [9.17, 15) is 9.59 Å². The Morgan fingerprint density at radius 3 is 2.48 bits per heavy atom. The Balaban J connectivity index is 1.42. The minimum Gasteiger partial charge on any atom is -0.497 e. The van der Waals surface area contributed by atoms with Crippen molar-refractivity contribution in [2.75, 3.05) is 50.1 Å². The third kappa shape index (κ3) is 5.10. The number of piperazine rings is 1. The van der Waals surface area contributed by atoms with Gasteiger partial charge in [-0.1, -0.05) is 0 Å². The molecule has 0 radical (unpaired) electrons. The summed E-state index contributed by atoms with van der Waals surface area (Å²) in [6, 6.07) is 11.1. The van der Waals surface area contributed by atoms with Crippen molar-refractivity contribution in [2.24, 2.45) is 0 Å². The molecule has 1 aliphatic heterocycles. The molecule has 142 valence electrons. The second kappa shape index (κ2) is 8.88. The molecule has 1 aliphatic rings. The number of carbonyl (C=O) groups is 2. The van der Waals surface area contributed by atoms with Gasteiger partial charge in [-0.25, -0.2) is 4.79 Å². The highest BCUT2D eigenvalue weighted by molar-refractivity contribution is 5.94. The van der Waals surface area contributed by atoms with Crippen LogP contribution in [-0.4, -0.2) is 61.7 Å². The van der Waals surface area contributed by atoms with Crippen LogP contribution in [-0.2, 0) is 4.79 Å². The monoisotopic (exact) mass is 369 g/mol. The number of benzene rings is 1. The van der Waals surface area contributed by atoms with Crippen LogP contribution in [0.4, 0.5) is 16.2 Å². The Morgan fingerprint density at radius 2 is 1.85 bits per heavy atom. The number of rotatable bonds is 5. The van der Waals surface area contributed by atoms with Crippen molar-refractivity contribution < 1.29 is 14.3 Å². The number of hydrogen-bond acceptors (Lipinski definition) is 5. The number of carbonyl (C=O) groups excluding carboxylic acids is 2. The van der Waals surface area contributed by atoms with Gasteiger partial charge in [-0.05, 0) is 36.4 Å². The fourth-order valence-corrected chi connectivity index (χ4v) is 2.87. The standard InChI is InChI=1S/C19H23N5O3/c1-27-17-6-4-16(5-7-17)23-9-11-24(12-10-23)19(26)21-14-18(25)22-15-3-2-8-20-13-15/h2-8,13H,9-12,14H2,1H3,(H,21,26)(H,22,25). The molecule has 0 aliphatic carbocycles. The number of ether oxygens (including phenoxy) is 1. The molecule has 1 fully saturated rings. The van der Waals surface area contributed by atoms with Crippen LogP contribution in [0, 0.1) is 0 Å². The summed E-state index contributed by atoms with van der Waals surface area (Å²) in [5.74, 6) is 0.537. The lowest BCUT2D eigenvalue weighted by Gasteiger charge is -2.36. The first kappa shape index (κ1) is 18.5. The molecule has 8 nitrogen and oxygen atoms in total. The second-order valence-corrected chi connectivity index (χ2v) is 6.12. The average molecular weight is 369 g/mol. The largest absolute Gasteiger partial charge is 0.497 e. The second-order valence-electron chi connectivity index (χ2n) is 6.12. The number of hydrogen-bond donors (Lipinski definition) is 2. The van der Waals surface area contributed by atoms with E-state index in [1.165, 1.54) is 0 Å². The van der Waals surface area contributed by atoms with E-state index < -0.39 is 0 Å². The molecule has 1 aromatic carbocycles. The summed E-state index contributed by atoms with van der Waals surface area (Å²) in [5, 5.41) is 5.35. The maximum absolute atomic E-state index is 12.3. The third-order valence-corrected chi connectivity index (χ3v) is 4.35. The lowest BCUT2D eigenvalue weighted by Crippen LogP contribution is -2.52. The van der Waals surface area contributed by atoms with Gasteiger partial charge in [0.25, 0.3) is 0 Å². The van der Waals surface area contributed by atoms with Gasteiger partial charge in [0.1, 0.15) is 5.75 Å². The van der Waals surface area contributed by atoms with Crippen LogP contribution in [0.1, 0.15) is 0 Å². The van der Waals surface area contributed by atoms with Crippen LogP contribution in [0.3, 0.4) is 0 Å². The third-order valence-electron chi connectivity index (χ3n) is 4.35. The Kier molecular flexibility index (Phi) is 6.09. The number of urea groups is 1. The van der Waals surface area contributed by atoms with Gasteiger partial charge in [0, 0.05) is 38.1 Å². The molecule has 2 N–H and O–H groups in total. The normalized spacial score (nSPS) is 13.8. The maximum atomic E-state index is 12.3. The topological polar surface area (TPSA) is 86.8 Å². The van der Waals surface area contributed by atoms with E-state index in [1.807, 2.05) is 24.3 Å². The Labute approximate surface area is 158 Å². The van der Waals surface area contributed by atoms with Crippen molar-refractivity contribution in [3.63, 3.8) is 0 Å². The van der Waals surface area contributed by atoms with Crippen molar-refractivity contribution in [3.8, 4) is 5.75 Å². The molecule has 8 heteroatoms. The molecule has 0 spiro atoms. The van der Waals surface area contributed by atoms with Crippen LogP contribution >= 0.6 is 0 Å². The number of pyridine rings is 1. The molecule has 3 rings (SSSR count). The lowest BCUT2D eigenvalue weighted by molar-refractivity contribution is -0.115. The average Bonchev–Trinajstić information content (AvgIpc) is 2.73. The fourth-order valence-electron chi connectivity index (χ4n) is 2.87. The van der Waals surface area contributed by atoms with Crippen molar-refractivity contribution in [3.05, 3.63) is 48.8 Å². The molecule has 0 atom stereocenters. The number of amides is 3. The van der Waals surface area contributed by atoms with Crippen LogP contribution in [0.2, 0.25) is 0 Å². The van der Waals surface area contributed by atoms with Gasteiger partial charge in [0.2, 0.25) is 5.91 Å². The molecular formula is C19H23N5O3. The van der Waals surface area contributed by atoms with Crippen molar-refractivity contribution in [2.45, 2.75) is 0 Å². The summed E-state index contributed by atoms with van der Waals surface area (Å²) in [7, 11) is 1.64. The lowest BCUT2D eigenvalue weighted by atomic mass is 10.2. The van der Waals surface area contributed by atoms with E-state index >= 15 is 0 Å². The van der Waals surface area contributed by atoms with Gasteiger partial charge in [-0.3, -0.25) is 9.78 Å². The van der Waals surface area contributed by atoms with E-state index in [1.54, 1.807) is 36.5 Å². The number of nitrogens with one attached hydrogen (secondary N) is 2. The SMILES string of the molecule is COc1ccc(N2CCN(C(=O)NCC(=O)Nc3cccnc3)CC2)cc1. The van der Waals surface area contributed by atoms with Gasteiger partial charge < -0.3 is 25.2 Å². The van der Waals surface area contributed by atoms with Gasteiger partial charge >= 0.3 is 6.03 Å². The summed E-state index contributed by atoms with van der Waals surface area (Å²) in [6.07, 6.45) is 3.18. The molecular weight excluding hydrogens is 346 g/mol. The van der Waals surface area contributed by atoms with Gasteiger partial charge in [-0.15, -0.1) is 0 Å². The highest BCUT2D eigenvalue weighted by atomic mass is 16.5. The predicted octanol–water partition coefficient (Wildman–Crippen LogP) is 1.56. The Morgan fingerprint density at radius 1 is 1.11 bits per heavy atom. The van der Waals surface area contributed by atoms with Crippen LogP contribution in [0.15, 0.2) is 48.8 Å². The predicted molar refractivity (Wildman–Crippen MR) is 103 cm³/mol. The summed E-state index contributed by atoms with van der Waals surface area (Å²) < 4.78 is 5.17. The van der Waals surface area contributed by atoms with Gasteiger partial charge in [0.15, 0.2) is 0 Å². The Hall–Kier alpha value is -3.29. The molecule has 1 aromatic heterocycles. The molecule has 0 bridgehead atoms. The summed E-state index contributed by atoms with van der Waals surface area (Å²) >= 11 is 0. The Bertz CT molecular complexity index is 759. The highest BCUT2D eigenvalue weighted by Gasteiger charge is 2.21. The van der Waals surface area contributed by atoms with Crippen molar-refractivity contribution in [1.82, 2.24) is 15.2 Å². The number of nitrogens with zero attached hydrogens (tertiary/aromatic N) is 3. The zero-order valence-corrected chi connectivity index (χ0v) is 15.2. The first-order valence-corrected chi connectivity index (χ1v) is 8.77. The van der Waals surface area contributed by atoms with Crippen LogP contribution in [0.5, 0.6) is 5.75 Å². The molecule has 3 amide bonds. The van der Waals surface area contributed by atoms with E-state index in [0.717, 1.165) is 24.5 Å². The van der Waals surface area contributed by atoms with Crippen molar-refractivity contribution >= 4 is 23.3 Å². The molecule has 2 aromatic rings. The van der Waals surface area contributed by atoms with Crippen molar-refractivity contribution in [1.29, 1.82) is 0 Å². The first-order valence-electron chi connectivity index (χ1n) is 8.77. The summed E-state index contributed by atoms with van der Waals surface area (Å²) in [4.78, 5) is 32.0. The van der Waals surface area contributed by atoms with Crippen LogP contribution < -0.4 is 20.3 Å². The minimum atomic E-state index is -0.284. The van der Waals surface area contributed by atoms with E-state index in [4.69, 9.17) is 4.74 Å². The molecule has 2 heterocycles. The number of anilines is 2. The van der Waals surface area contributed by atoms with Gasteiger partial charge in [-0.2, -0.15) is 0 Å². The quantitative estimate of drug-likeness (QED) is 0.835.